The van der Waals surface area contributed by atoms with Gasteiger partial charge in [0, 0.05) is 31.6 Å². The van der Waals surface area contributed by atoms with E-state index in [9.17, 15) is 9.90 Å². The van der Waals surface area contributed by atoms with Gasteiger partial charge in [-0.1, -0.05) is 0 Å². The fourth-order valence-corrected chi connectivity index (χ4v) is 4.33. The monoisotopic (exact) mass is 387 g/mol. The molecule has 0 radical (unpaired) electrons. The second-order valence-corrected chi connectivity index (χ2v) is 8.06. The molecule has 1 aromatic heterocycles. The van der Waals surface area contributed by atoms with E-state index in [-0.39, 0.29) is 18.1 Å². The molecule has 1 aliphatic carbocycles. The number of nitrogens with one attached hydrogen (secondary N) is 1. The van der Waals surface area contributed by atoms with Gasteiger partial charge in [-0.15, -0.1) is 0 Å². The van der Waals surface area contributed by atoms with Crippen molar-refractivity contribution in [3.63, 3.8) is 0 Å². The molecule has 0 spiro atoms. The standard InChI is InChI=1S/C21H29N3O4/c1-27-17-8-9-19-18(12-17)23-21(28-19)24-10-2-3-14(13-24)11-20(26)22-15-4-6-16(25)7-5-15/h8-9,12,14-16,25H,2-7,10-11,13H2,1H3,(H,22,26). The lowest BCUT2D eigenvalue weighted by Crippen LogP contribution is -2.42. The number of fused-ring (bicyclic) bond motifs is 1. The molecule has 1 atom stereocenters. The maximum atomic E-state index is 12.5. The summed E-state index contributed by atoms with van der Waals surface area (Å²) >= 11 is 0. The number of carbonyl (C=O) groups is 1. The minimum atomic E-state index is -0.198. The second kappa shape index (κ2) is 8.39. The van der Waals surface area contributed by atoms with Crippen LogP contribution in [0.5, 0.6) is 5.75 Å². The lowest BCUT2D eigenvalue weighted by Gasteiger charge is -2.32. The van der Waals surface area contributed by atoms with E-state index in [1.54, 1.807) is 7.11 Å². The smallest absolute Gasteiger partial charge is 0.298 e. The van der Waals surface area contributed by atoms with Gasteiger partial charge in [0.25, 0.3) is 6.01 Å². The SMILES string of the molecule is COc1ccc2oc(N3CCCC(CC(=O)NC4CCC(O)CC4)C3)nc2c1. The third-order valence-electron chi connectivity index (χ3n) is 5.91. The highest BCUT2D eigenvalue weighted by molar-refractivity contribution is 5.77. The molecule has 7 heteroatoms. The number of ether oxygens (including phenoxy) is 1. The van der Waals surface area contributed by atoms with Crippen LogP contribution in [0.3, 0.4) is 0 Å². The Morgan fingerprint density at radius 1 is 1.32 bits per heavy atom. The Morgan fingerprint density at radius 2 is 2.14 bits per heavy atom. The molecule has 2 fully saturated rings. The Bertz CT molecular complexity index is 813. The zero-order valence-corrected chi connectivity index (χ0v) is 16.4. The van der Waals surface area contributed by atoms with Crippen LogP contribution in [0, 0.1) is 5.92 Å². The van der Waals surface area contributed by atoms with Crippen molar-refractivity contribution >= 4 is 23.0 Å². The van der Waals surface area contributed by atoms with Gasteiger partial charge in [-0.3, -0.25) is 4.79 Å². The average Bonchev–Trinajstić information content (AvgIpc) is 3.13. The van der Waals surface area contributed by atoms with E-state index in [0.29, 0.717) is 18.4 Å². The topological polar surface area (TPSA) is 87.8 Å². The Labute approximate surface area is 165 Å². The number of oxazole rings is 1. The number of hydrogen-bond donors (Lipinski definition) is 2. The summed E-state index contributed by atoms with van der Waals surface area (Å²) in [4.78, 5) is 19.2. The van der Waals surface area contributed by atoms with Crippen molar-refractivity contribution in [2.24, 2.45) is 5.92 Å². The van der Waals surface area contributed by atoms with Crippen molar-refractivity contribution in [1.82, 2.24) is 10.3 Å². The predicted octanol–water partition coefficient (Wildman–Crippen LogP) is 2.86. The fraction of sp³-hybridized carbons (Fsp3) is 0.619. The first-order chi connectivity index (χ1) is 13.6. The molecule has 1 aliphatic heterocycles. The number of amides is 1. The zero-order valence-electron chi connectivity index (χ0n) is 16.4. The number of aliphatic hydroxyl groups is 1. The van der Waals surface area contributed by atoms with E-state index in [1.807, 2.05) is 18.2 Å². The molecular weight excluding hydrogens is 358 g/mol. The van der Waals surface area contributed by atoms with Crippen LogP contribution >= 0.6 is 0 Å². The maximum Gasteiger partial charge on any atom is 0.298 e. The summed E-state index contributed by atoms with van der Waals surface area (Å²) in [7, 11) is 1.64. The number of aliphatic hydroxyl groups excluding tert-OH is 1. The molecule has 28 heavy (non-hydrogen) atoms. The molecule has 2 heterocycles. The number of nitrogens with zero attached hydrogens (tertiary/aromatic N) is 2. The van der Waals surface area contributed by atoms with Gasteiger partial charge >= 0.3 is 0 Å². The molecule has 1 saturated heterocycles. The Balaban J connectivity index is 1.34. The van der Waals surface area contributed by atoms with Crippen LogP contribution in [-0.2, 0) is 4.79 Å². The van der Waals surface area contributed by atoms with E-state index < -0.39 is 0 Å². The first kappa shape index (κ1) is 19.1. The average molecular weight is 387 g/mol. The molecule has 1 amide bonds. The van der Waals surface area contributed by atoms with Crippen molar-refractivity contribution < 1.29 is 19.1 Å². The number of rotatable bonds is 5. The van der Waals surface area contributed by atoms with Gasteiger partial charge in [0.2, 0.25) is 5.91 Å². The van der Waals surface area contributed by atoms with Crippen LogP contribution in [0.15, 0.2) is 22.6 Å². The third-order valence-corrected chi connectivity index (χ3v) is 5.91. The van der Waals surface area contributed by atoms with Gasteiger partial charge < -0.3 is 24.5 Å². The summed E-state index contributed by atoms with van der Waals surface area (Å²) in [6.45, 7) is 1.67. The molecule has 0 bridgehead atoms. The van der Waals surface area contributed by atoms with E-state index >= 15 is 0 Å². The van der Waals surface area contributed by atoms with Crippen molar-refractivity contribution in [3.05, 3.63) is 18.2 Å². The van der Waals surface area contributed by atoms with Gasteiger partial charge in [-0.2, -0.15) is 4.98 Å². The second-order valence-electron chi connectivity index (χ2n) is 8.06. The van der Waals surface area contributed by atoms with Crippen molar-refractivity contribution in [2.45, 2.75) is 57.1 Å². The molecule has 1 aromatic carbocycles. The van der Waals surface area contributed by atoms with Gasteiger partial charge in [-0.05, 0) is 56.6 Å². The summed E-state index contributed by atoms with van der Waals surface area (Å²) in [5, 5.41) is 12.8. The third kappa shape index (κ3) is 4.41. The summed E-state index contributed by atoms with van der Waals surface area (Å²) in [6.07, 6.45) is 5.71. The number of aromatic nitrogens is 1. The largest absolute Gasteiger partial charge is 0.497 e. The van der Waals surface area contributed by atoms with Crippen LogP contribution in [0.1, 0.15) is 44.9 Å². The highest BCUT2D eigenvalue weighted by Crippen LogP contribution is 2.29. The molecule has 4 rings (SSSR count). The highest BCUT2D eigenvalue weighted by Gasteiger charge is 2.27. The first-order valence-corrected chi connectivity index (χ1v) is 10.3. The number of hydrogen-bond acceptors (Lipinski definition) is 6. The molecule has 2 aliphatic rings. The van der Waals surface area contributed by atoms with Gasteiger partial charge in [0.05, 0.1) is 13.2 Å². The molecule has 2 aromatic rings. The number of anilines is 1. The quantitative estimate of drug-likeness (QED) is 0.820. The Hall–Kier alpha value is -2.28. The minimum Gasteiger partial charge on any atom is -0.497 e. The lowest BCUT2D eigenvalue weighted by molar-refractivity contribution is -0.123. The van der Waals surface area contributed by atoms with E-state index in [4.69, 9.17) is 9.15 Å². The first-order valence-electron chi connectivity index (χ1n) is 10.3. The number of carbonyl (C=O) groups excluding carboxylic acids is 1. The van der Waals surface area contributed by atoms with Gasteiger partial charge in [0.1, 0.15) is 11.3 Å². The summed E-state index contributed by atoms with van der Waals surface area (Å²) in [5.41, 5.74) is 1.53. The predicted molar refractivity (Wildman–Crippen MR) is 107 cm³/mol. The van der Waals surface area contributed by atoms with E-state index in [2.05, 4.69) is 15.2 Å². The molecule has 2 N–H and O–H groups in total. The van der Waals surface area contributed by atoms with Gasteiger partial charge in [-0.25, -0.2) is 0 Å². The van der Waals surface area contributed by atoms with E-state index in [1.165, 1.54) is 0 Å². The summed E-state index contributed by atoms with van der Waals surface area (Å²) in [5.74, 6) is 1.18. The zero-order chi connectivity index (χ0) is 19.5. The fourth-order valence-electron chi connectivity index (χ4n) is 4.33. The lowest BCUT2D eigenvalue weighted by atomic mass is 9.91. The Kier molecular flexibility index (Phi) is 5.71. The minimum absolute atomic E-state index is 0.121. The van der Waals surface area contributed by atoms with Crippen molar-refractivity contribution in [2.75, 3.05) is 25.1 Å². The van der Waals surface area contributed by atoms with Crippen LogP contribution in [-0.4, -0.2) is 48.3 Å². The van der Waals surface area contributed by atoms with Gasteiger partial charge in [0.15, 0.2) is 5.58 Å². The summed E-state index contributed by atoms with van der Waals surface area (Å²) in [6, 6.07) is 6.45. The van der Waals surface area contributed by atoms with Crippen molar-refractivity contribution in [3.8, 4) is 5.75 Å². The van der Waals surface area contributed by atoms with Crippen LogP contribution in [0.4, 0.5) is 6.01 Å². The number of piperidine rings is 1. The molecule has 152 valence electrons. The highest BCUT2D eigenvalue weighted by atomic mass is 16.5. The molecule has 1 saturated carbocycles. The number of benzene rings is 1. The van der Waals surface area contributed by atoms with Crippen molar-refractivity contribution in [1.29, 1.82) is 0 Å². The van der Waals surface area contributed by atoms with Crippen LogP contribution < -0.4 is 15.0 Å². The van der Waals surface area contributed by atoms with Crippen LogP contribution in [0.2, 0.25) is 0 Å². The van der Waals surface area contributed by atoms with E-state index in [0.717, 1.165) is 68.5 Å². The summed E-state index contributed by atoms with van der Waals surface area (Å²) < 4.78 is 11.2. The number of methoxy groups -OCH3 is 1. The molecular formula is C21H29N3O4. The normalized spacial score (nSPS) is 25.6. The maximum absolute atomic E-state index is 12.5. The molecule has 7 nitrogen and oxygen atoms in total. The molecule has 1 unspecified atom stereocenters. The Morgan fingerprint density at radius 3 is 2.93 bits per heavy atom. The van der Waals surface area contributed by atoms with Crippen LogP contribution in [0.25, 0.3) is 11.1 Å².